The molecule has 0 aromatic heterocycles. The molecule has 0 radical (unpaired) electrons. The highest BCUT2D eigenvalue weighted by Gasteiger charge is 2.20. The number of rotatable bonds is 8. The lowest BCUT2D eigenvalue weighted by Crippen LogP contribution is -2.30. The van der Waals surface area contributed by atoms with Crippen LogP contribution in [-0.4, -0.2) is 27.8 Å². The van der Waals surface area contributed by atoms with Crippen LogP contribution < -0.4 is 15.4 Å². The summed E-state index contributed by atoms with van der Waals surface area (Å²) in [4.78, 5) is 45.2. The zero-order chi connectivity index (χ0) is 24.8. The second-order valence-corrected chi connectivity index (χ2v) is 7.37. The van der Waals surface area contributed by atoms with E-state index >= 15 is 0 Å². The molecule has 0 bridgehead atoms. The fourth-order valence-electron chi connectivity index (χ4n) is 2.81. The number of para-hydroxylation sites is 1. The second kappa shape index (κ2) is 10.4. The molecule has 0 saturated heterocycles. The van der Waals surface area contributed by atoms with E-state index in [-0.39, 0.29) is 5.56 Å². The van der Waals surface area contributed by atoms with Crippen LogP contribution in [0.5, 0.6) is 5.75 Å². The first-order valence-corrected chi connectivity index (χ1v) is 10.1. The molecule has 0 heterocycles. The third-order valence-electron chi connectivity index (χ3n) is 4.51. The van der Waals surface area contributed by atoms with E-state index in [4.69, 9.17) is 16.3 Å². The van der Waals surface area contributed by atoms with Crippen molar-refractivity contribution < 1.29 is 24.2 Å². The van der Waals surface area contributed by atoms with Gasteiger partial charge in [0.05, 0.1) is 26.5 Å². The van der Waals surface area contributed by atoms with Gasteiger partial charge >= 0.3 is 0 Å². The summed E-state index contributed by atoms with van der Waals surface area (Å²) in [5, 5.41) is 27.5. The van der Waals surface area contributed by atoms with E-state index in [0.29, 0.717) is 22.1 Å². The smallest absolute Gasteiger partial charge is 0.277 e. The summed E-state index contributed by atoms with van der Waals surface area (Å²) < 4.78 is 5.56. The molecule has 1 unspecified atom stereocenters. The van der Waals surface area contributed by atoms with E-state index in [1.807, 2.05) is 0 Å². The van der Waals surface area contributed by atoms with Crippen molar-refractivity contribution in [1.29, 1.82) is 0 Å². The largest absolute Gasteiger partial charge is 0.479 e. The molecular formula is C22H17ClN4O7. The third kappa shape index (κ3) is 6.04. The molecular weight excluding hydrogens is 468 g/mol. The van der Waals surface area contributed by atoms with Gasteiger partial charge in [-0.2, -0.15) is 0 Å². The first kappa shape index (κ1) is 24.1. The lowest BCUT2D eigenvalue weighted by Gasteiger charge is -2.15. The van der Waals surface area contributed by atoms with Crippen LogP contribution >= 0.6 is 11.6 Å². The quantitative estimate of drug-likeness (QED) is 0.343. The maximum absolute atomic E-state index is 12.5. The molecule has 0 aliphatic carbocycles. The van der Waals surface area contributed by atoms with Crippen LogP contribution in [0.1, 0.15) is 17.3 Å². The second-order valence-electron chi connectivity index (χ2n) is 6.96. The Kier molecular flexibility index (Phi) is 7.39. The Hall–Kier alpha value is -4.51. The van der Waals surface area contributed by atoms with Crippen LogP contribution in [0.15, 0.2) is 66.7 Å². The number of carbonyl (C=O) groups excluding carboxylic acids is 2. The fourth-order valence-corrected chi connectivity index (χ4v) is 2.99. The van der Waals surface area contributed by atoms with E-state index in [2.05, 4.69) is 10.6 Å². The number of amides is 2. The molecule has 0 fully saturated rings. The number of non-ortho nitro benzene ring substituents is 2. The maximum Gasteiger partial charge on any atom is 0.277 e. The third-order valence-corrected chi connectivity index (χ3v) is 4.82. The Morgan fingerprint density at radius 2 is 1.41 bits per heavy atom. The van der Waals surface area contributed by atoms with E-state index in [0.717, 1.165) is 18.2 Å². The zero-order valence-corrected chi connectivity index (χ0v) is 18.3. The van der Waals surface area contributed by atoms with Gasteiger partial charge in [0, 0.05) is 23.5 Å². The number of nitrogens with one attached hydrogen (secondary N) is 2. The molecule has 0 spiro atoms. The number of nitro benzene ring substituents is 2. The zero-order valence-electron chi connectivity index (χ0n) is 17.6. The molecule has 3 aromatic rings. The van der Waals surface area contributed by atoms with Crippen molar-refractivity contribution in [3.63, 3.8) is 0 Å². The Labute approximate surface area is 197 Å². The summed E-state index contributed by atoms with van der Waals surface area (Å²) in [5.41, 5.74) is -0.680. The van der Waals surface area contributed by atoms with E-state index in [9.17, 15) is 29.8 Å². The number of nitrogens with zero attached hydrogens (tertiary/aromatic N) is 2. The molecule has 34 heavy (non-hydrogen) atoms. The number of hydrogen-bond acceptors (Lipinski definition) is 7. The first-order chi connectivity index (χ1) is 16.1. The molecule has 3 rings (SSSR count). The standard InChI is InChI=1S/C22H17ClN4O7/c1-13(34-20-5-3-2-4-19(20)23)21(28)24-15-6-8-16(9-7-15)25-22(29)14-10-17(26(30)31)12-18(11-14)27(32)33/h2-13H,1H3,(H,24,28)(H,25,29). The van der Waals surface area contributed by atoms with Gasteiger partial charge in [-0.05, 0) is 43.3 Å². The van der Waals surface area contributed by atoms with E-state index in [1.54, 1.807) is 31.2 Å². The summed E-state index contributed by atoms with van der Waals surface area (Å²) in [6.45, 7) is 1.56. The molecule has 12 heteroatoms. The van der Waals surface area contributed by atoms with Gasteiger partial charge in [-0.1, -0.05) is 23.7 Å². The minimum atomic E-state index is -0.844. The van der Waals surface area contributed by atoms with Gasteiger partial charge in [-0.15, -0.1) is 0 Å². The number of halogens is 1. The van der Waals surface area contributed by atoms with Gasteiger partial charge in [-0.25, -0.2) is 0 Å². The molecule has 1 atom stereocenters. The molecule has 11 nitrogen and oxygen atoms in total. The molecule has 0 aliphatic heterocycles. The molecule has 3 aromatic carbocycles. The van der Waals surface area contributed by atoms with Crippen LogP contribution in [0.3, 0.4) is 0 Å². The van der Waals surface area contributed by atoms with Gasteiger partial charge in [-0.3, -0.25) is 29.8 Å². The van der Waals surface area contributed by atoms with Crippen molar-refractivity contribution >= 4 is 46.2 Å². The van der Waals surface area contributed by atoms with Crippen LogP contribution in [0.4, 0.5) is 22.7 Å². The number of nitro groups is 2. The van der Waals surface area contributed by atoms with Crippen molar-refractivity contribution in [3.8, 4) is 5.75 Å². The molecule has 2 N–H and O–H groups in total. The normalized spacial score (nSPS) is 11.2. The van der Waals surface area contributed by atoms with E-state index < -0.39 is 39.1 Å². The van der Waals surface area contributed by atoms with Gasteiger partial charge in [0.2, 0.25) is 0 Å². The summed E-state index contributed by atoms with van der Waals surface area (Å²) >= 11 is 6.03. The lowest BCUT2D eigenvalue weighted by molar-refractivity contribution is -0.394. The number of anilines is 2. The van der Waals surface area contributed by atoms with Gasteiger partial charge in [0.15, 0.2) is 6.10 Å². The van der Waals surface area contributed by atoms with Gasteiger partial charge in [0.1, 0.15) is 5.75 Å². The topological polar surface area (TPSA) is 154 Å². The summed E-state index contributed by atoms with van der Waals surface area (Å²) in [6.07, 6.45) is -0.844. The van der Waals surface area contributed by atoms with Crippen LogP contribution in [0, 0.1) is 20.2 Å². The Bertz CT molecular complexity index is 1230. The highest BCUT2D eigenvalue weighted by molar-refractivity contribution is 6.32. The minimum Gasteiger partial charge on any atom is -0.479 e. The Morgan fingerprint density at radius 1 is 0.882 bits per heavy atom. The van der Waals surface area contributed by atoms with Crippen LogP contribution in [-0.2, 0) is 4.79 Å². The number of ether oxygens (including phenoxy) is 1. The molecule has 2 amide bonds. The number of hydrogen-bond donors (Lipinski definition) is 2. The van der Waals surface area contributed by atoms with Crippen molar-refractivity contribution in [2.45, 2.75) is 13.0 Å². The molecule has 0 aliphatic rings. The SMILES string of the molecule is CC(Oc1ccccc1Cl)C(=O)Nc1ccc(NC(=O)c2cc([N+](=O)[O-])cc([N+](=O)[O-])c2)cc1. The van der Waals surface area contributed by atoms with Crippen molar-refractivity contribution in [1.82, 2.24) is 0 Å². The Balaban J connectivity index is 1.65. The summed E-state index contributed by atoms with van der Waals surface area (Å²) in [7, 11) is 0. The minimum absolute atomic E-state index is 0.246. The van der Waals surface area contributed by atoms with Crippen LogP contribution in [0.2, 0.25) is 5.02 Å². The average molecular weight is 485 g/mol. The van der Waals surface area contributed by atoms with Crippen LogP contribution in [0.25, 0.3) is 0 Å². The molecule has 174 valence electrons. The van der Waals surface area contributed by atoms with Crippen molar-refractivity contribution in [3.05, 3.63) is 97.5 Å². The maximum atomic E-state index is 12.5. The monoisotopic (exact) mass is 484 g/mol. The average Bonchev–Trinajstić information content (AvgIpc) is 2.81. The van der Waals surface area contributed by atoms with Crippen molar-refractivity contribution in [2.75, 3.05) is 10.6 Å². The first-order valence-electron chi connectivity index (χ1n) is 9.71. The predicted molar refractivity (Wildman–Crippen MR) is 124 cm³/mol. The highest BCUT2D eigenvalue weighted by atomic mass is 35.5. The summed E-state index contributed by atoms with van der Waals surface area (Å²) in [6, 6.07) is 15.4. The fraction of sp³-hybridized carbons (Fsp3) is 0.0909. The van der Waals surface area contributed by atoms with Gasteiger partial charge in [0.25, 0.3) is 23.2 Å². The lowest BCUT2D eigenvalue weighted by atomic mass is 10.1. The number of benzene rings is 3. The van der Waals surface area contributed by atoms with Crippen molar-refractivity contribution in [2.24, 2.45) is 0 Å². The molecule has 0 saturated carbocycles. The summed E-state index contributed by atoms with van der Waals surface area (Å²) in [5.74, 6) is -0.836. The Morgan fingerprint density at radius 3 is 1.94 bits per heavy atom. The number of carbonyl (C=O) groups is 2. The highest BCUT2D eigenvalue weighted by Crippen LogP contribution is 2.25. The van der Waals surface area contributed by atoms with Gasteiger partial charge < -0.3 is 15.4 Å². The van der Waals surface area contributed by atoms with E-state index in [1.165, 1.54) is 24.3 Å². The predicted octanol–water partition coefficient (Wildman–Crippen LogP) is 4.81.